The van der Waals surface area contributed by atoms with Crippen LogP contribution in [0.3, 0.4) is 0 Å². The normalized spacial score (nSPS) is 15.9. The number of ether oxygens (including phenoxy) is 3. The molecule has 0 saturated carbocycles. The molecule has 0 radical (unpaired) electrons. The third-order valence-corrected chi connectivity index (χ3v) is 8.97. The van der Waals surface area contributed by atoms with E-state index in [1.54, 1.807) is 23.5 Å². The van der Waals surface area contributed by atoms with Crippen LogP contribution < -0.4 is 4.74 Å². The molecule has 0 aliphatic carbocycles. The summed E-state index contributed by atoms with van der Waals surface area (Å²) in [5.74, 6) is -2.75. The zero-order chi connectivity index (χ0) is 34.7. The van der Waals surface area contributed by atoms with Crippen LogP contribution in [0.15, 0.2) is 60.0 Å². The van der Waals surface area contributed by atoms with Crippen LogP contribution in [0.2, 0.25) is 0 Å². The SMILES string of the molecule is C=C(COc1cc(F)cc([C@@H](CCc2cccs2)OC(=O)[C@@H]2CCCCN2C(=O)C(=O)C(C)(C)COC(=O)C=CC(C)C)c1)C(C)C. The zero-order valence-electron chi connectivity index (χ0n) is 28.4. The minimum atomic E-state index is -1.31. The third kappa shape index (κ3) is 11.4. The van der Waals surface area contributed by atoms with E-state index in [2.05, 4.69) is 6.58 Å². The smallest absolute Gasteiger partial charge is 0.330 e. The highest BCUT2D eigenvalue weighted by Crippen LogP contribution is 2.31. The lowest BCUT2D eigenvalue weighted by atomic mass is 9.87. The number of aryl methyl sites for hydroxylation is 1. The third-order valence-electron chi connectivity index (χ3n) is 8.03. The van der Waals surface area contributed by atoms with Gasteiger partial charge in [-0.05, 0) is 92.5 Å². The number of nitrogens with zero attached hydrogens (tertiary/aromatic N) is 1. The molecule has 1 aliphatic heterocycles. The zero-order valence-corrected chi connectivity index (χ0v) is 29.2. The van der Waals surface area contributed by atoms with E-state index in [0.717, 1.165) is 10.5 Å². The maximum absolute atomic E-state index is 14.9. The highest BCUT2D eigenvalue weighted by atomic mass is 32.1. The first-order chi connectivity index (χ1) is 22.2. The number of ketones is 1. The van der Waals surface area contributed by atoms with Gasteiger partial charge in [0.15, 0.2) is 0 Å². The van der Waals surface area contributed by atoms with E-state index in [1.807, 2.05) is 45.2 Å². The van der Waals surface area contributed by atoms with Crippen LogP contribution in [0.4, 0.5) is 4.39 Å². The highest BCUT2D eigenvalue weighted by Gasteiger charge is 2.42. The lowest BCUT2D eigenvalue weighted by Gasteiger charge is -2.36. The Balaban J connectivity index is 1.79. The molecule has 2 heterocycles. The van der Waals surface area contributed by atoms with E-state index in [0.29, 0.717) is 43.4 Å². The number of halogens is 1. The Labute approximate surface area is 282 Å². The molecule has 8 nitrogen and oxygen atoms in total. The Morgan fingerprint density at radius 3 is 2.53 bits per heavy atom. The minimum Gasteiger partial charge on any atom is -0.489 e. The number of benzene rings is 1. The van der Waals surface area contributed by atoms with Crippen molar-refractivity contribution in [3.05, 3.63) is 76.3 Å². The summed E-state index contributed by atoms with van der Waals surface area (Å²) in [6.45, 7) is 15.0. The van der Waals surface area contributed by atoms with E-state index in [4.69, 9.17) is 14.2 Å². The van der Waals surface area contributed by atoms with Gasteiger partial charge >= 0.3 is 11.9 Å². The number of amides is 1. The predicted molar refractivity (Wildman–Crippen MR) is 180 cm³/mol. The van der Waals surface area contributed by atoms with Gasteiger partial charge in [-0.15, -0.1) is 11.3 Å². The topological polar surface area (TPSA) is 99.2 Å². The molecule has 1 aromatic carbocycles. The predicted octanol–water partition coefficient (Wildman–Crippen LogP) is 7.43. The minimum absolute atomic E-state index is 0.149. The quantitative estimate of drug-likeness (QED) is 0.0794. The van der Waals surface area contributed by atoms with Crippen molar-refractivity contribution < 1.29 is 37.8 Å². The van der Waals surface area contributed by atoms with Crippen LogP contribution >= 0.6 is 11.3 Å². The summed E-state index contributed by atoms with van der Waals surface area (Å²) in [6.07, 6.45) is 4.70. The van der Waals surface area contributed by atoms with Gasteiger partial charge in [0.25, 0.3) is 5.91 Å². The molecule has 0 N–H and O–H groups in total. The Hall–Kier alpha value is -3.79. The highest BCUT2D eigenvalue weighted by molar-refractivity contribution is 7.09. The Bertz CT molecular complexity index is 1430. The van der Waals surface area contributed by atoms with Crippen LogP contribution in [0.5, 0.6) is 5.75 Å². The van der Waals surface area contributed by atoms with Crippen molar-refractivity contribution in [3.8, 4) is 5.75 Å². The van der Waals surface area contributed by atoms with Crippen molar-refractivity contribution in [1.29, 1.82) is 0 Å². The molecule has 3 rings (SSSR count). The van der Waals surface area contributed by atoms with Gasteiger partial charge in [0.2, 0.25) is 5.78 Å². The van der Waals surface area contributed by atoms with Crippen molar-refractivity contribution >= 4 is 35.0 Å². The molecule has 10 heteroatoms. The van der Waals surface area contributed by atoms with Gasteiger partial charge in [-0.3, -0.25) is 9.59 Å². The van der Waals surface area contributed by atoms with Gasteiger partial charge in [0.05, 0.1) is 5.41 Å². The molecule has 2 atom stereocenters. The molecular weight excluding hydrogens is 621 g/mol. The van der Waals surface area contributed by atoms with Gasteiger partial charge in [-0.2, -0.15) is 0 Å². The summed E-state index contributed by atoms with van der Waals surface area (Å²) in [5.41, 5.74) is -0.0245. The van der Waals surface area contributed by atoms with Crippen molar-refractivity contribution in [1.82, 2.24) is 4.90 Å². The monoisotopic (exact) mass is 669 g/mol. The molecule has 0 spiro atoms. The molecule has 1 aliphatic rings. The van der Waals surface area contributed by atoms with Crippen molar-refractivity contribution in [3.63, 3.8) is 0 Å². The van der Waals surface area contributed by atoms with Crippen LogP contribution in [-0.2, 0) is 35.1 Å². The van der Waals surface area contributed by atoms with E-state index in [9.17, 15) is 23.6 Å². The number of likely N-dealkylation sites (tertiary alicyclic amines) is 1. The second-order valence-electron chi connectivity index (χ2n) is 13.3. The number of piperidine rings is 1. The summed E-state index contributed by atoms with van der Waals surface area (Å²) < 4.78 is 32.0. The van der Waals surface area contributed by atoms with E-state index in [1.165, 1.54) is 37.0 Å². The van der Waals surface area contributed by atoms with Crippen molar-refractivity contribution in [2.24, 2.45) is 17.3 Å². The lowest BCUT2D eigenvalue weighted by Crippen LogP contribution is -2.53. The standard InChI is InChI=1S/C37H48FNO7S/c1-24(2)13-16-33(40)45-23-37(6,7)34(41)35(42)39-17-9-8-12-31(39)36(43)46-32(15-14-30-11-10-18-47-30)27-19-28(38)21-29(20-27)44-22-26(5)25(3)4/h10-11,13,16,18-21,24-25,31-32H,5,8-9,12,14-15,17,22-23H2,1-4,6-7H3/t31-,32+/m0/s1. The van der Waals surface area contributed by atoms with Gasteiger partial charge in [0, 0.05) is 23.6 Å². The maximum atomic E-state index is 14.9. The lowest BCUT2D eigenvalue weighted by molar-refractivity contribution is -0.165. The molecule has 0 unspecified atom stereocenters. The molecule has 1 aromatic heterocycles. The molecule has 47 heavy (non-hydrogen) atoms. The molecule has 1 saturated heterocycles. The van der Waals surface area contributed by atoms with Crippen LogP contribution in [0.1, 0.15) is 83.8 Å². The van der Waals surface area contributed by atoms with Crippen molar-refractivity contribution in [2.45, 2.75) is 85.8 Å². The number of hydrogen-bond donors (Lipinski definition) is 0. The number of esters is 2. The van der Waals surface area contributed by atoms with E-state index < -0.39 is 47.0 Å². The largest absolute Gasteiger partial charge is 0.489 e. The average Bonchev–Trinajstić information content (AvgIpc) is 3.56. The number of rotatable bonds is 16. The Kier molecular flexibility index (Phi) is 13.9. The Morgan fingerprint density at radius 1 is 1.13 bits per heavy atom. The second-order valence-corrected chi connectivity index (χ2v) is 14.3. The molecule has 1 amide bonds. The second kappa shape index (κ2) is 17.4. The summed E-state index contributed by atoms with van der Waals surface area (Å²) in [6, 6.07) is 7.19. The fourth-order valence-electron chi connectivity index (χ4n) is 4.91. The summed E-state index contributed by atoms with van der Waals surface area (Å²) in [7, 11) is 0. The number of Topliss-reactive ketones (excluding diaryl/α,β-unsaturated/α-hetero) is 1. The first-order valence-corrected chi connectivity index (χ1v) is 17.1. The number of allylic oxidation sites excluding steroid dienone is 1. The van der Waals surface area contributed by atoms with Crippen LogP contribution in [-0.4, -0.2) is 54.3 Å². The number of hydrogen-bond acceptors (Lipinski definition) is 8. The number of carbonyl (C=O) groups is 4. The molecule has 256 valence electrons. The van der Waals surface area contributed by atoms with Gasteiger partial charge in [-0.1, -0.05) is 46.4 Å². The molecule has 2 aromatic rings. The summed E-state index contributed by atoms with van der Waals surface area (Å²) in [5, 5.41) is 1.96. The number of carbonyl (C=O) groups excluding carboxylic acids is 4. The number of thiophene rings is 1. The van der Waals surface area contributed by atoms with Gasteiger partial charge in [-0.25, -0.2) is 14.0 Å². The summed E-state index contributed by atoms with van der Waals surface area (Å²) >= 11 is 1.57. The summed E-state index contributed by atoms with van der Waals surface area (Å²) in [4.78, 5) is 55.2. The van der Waals surface area contributed by atoms with Crippen molar-refractivity contribution in [2.75, 3.05) is 19.8 Å². The fourth-order valence-corrected chi connectivity index (χ4v) is 5.64. The van der Waals surface area contributed by atoms with Crippen LogP contribution in [0, 0.1) is 23.1 Å². The van der Waals surface area contributed by atoms with Gasteiger partial charge in [0.1, 0.15) is 36.9 Å². The average molecular weight is 670 g/mol. The van der Waals surface area contributed by atoms with E-state index in [-0.39, 0.29) is 31.6 Å². The molecule has 0 bridgehead atoms. The van der Waals surface area contributed by atoms with E-state index >= 15 is 0 Å². The maximum Gasteiger partial charge on any atom is 0.330 e. The molecule has 1 fully saturated rings. The first kappa shape index (κ1) is 37.7. The van der Waals surface area contributed by atoms with Crippen LogP contribution in [0.25, 0.3) is 0 Å². The Morgan fingerprint density at radius 2 is 1.87 bits per heavy atom. The first-order valence-electron chi connectivity index (χ1n) is 16.2. The van der Waals surface area contributed by atoms with Gasteiger partial charge < -0.3 is 19.1 Å². The fraction of sp³-hybridized carbons (Fsp3) is 0.514. The molecular formula is C37H48FNO7S.